The summed E-state index contributed by atoms with van der Waals surface area (Å²) in [6, 6.07) is 27.9. The number of phenolic OH excluding ortho intramolecular Hbond substituents is 1. The maximum atomic E-state index is 14.2. The molecule has 45 heavy (non-hydrogen) atoms. The number of para-hydroxylation sites is 2. The van der Waals surface area contributed by atoms with E-state index in [1.54, 1.807) is 43.3 Å². The minimum atomic E-state index is -0.837. The average Bonchev–Trinajstić information content (AvgIpc) is 3.34. The van der Waals surface area contributed by atoms with Crippen molar-refractivity contribution in [2.75, 3.05) is 12.4 Å². The van der Waals surface area contributed by atoms with E-state index < -0.39 is 11.9 Å². The Morgan fingerprint density at radius 1 is 1.02 bits per heavy atom. The van der Waals surface area contributed by atoms with Crippen molar-refractivity contribution in [3.63, 3.8) is 0 Å². The zero-order chi connectivity index (χ0) is 31.5. The first kappa shape index (κ1) is 29.9. The Morgan fingerprint density at radius 2 is 1.80 bits per heavy atom. The van der Waals surface area contributed by atoms with E-state index in [1.807, 2.05) is 60.7 Å². The van der Waals surface area contributed by atoms with Crippen LogP contribution in [0.3, 0.4) is 0 Å². The molecular weight excluding hydrogens is 610 g/mol. The number of aromatic hydroxyl groups is 1. The van der Waals surface area contributed by atoms with Crippen LogP contribution in [0.25, 0.3) is 6.08 Å². The number of carbonyl (C=O) groups excluding carboxylic acids is 1. The second-order valence-corrected chi connectivity index (χ2v) is 11.7. The number of allylic oxidation sites excluding steroid dienone is 1. The van der Waals surface area contributed by atoms with Crippen LogP contribution in [0.2, 0.25) is 5.02 Å². The number of hydrogen-bond acceptors (Lipinski definition) is 7. The number of anilines is 1. The van der Waals surface area contributed by atoms with Crippen LogP contribution in [-0.2, 0) is 11.4 Å². The Labute approximate surface area is 267 Å². The number of benzene rings is 4. The molecular formula is C35H28ClN3O5S. The third-order valence-electron chi connectivity index (χ3n) is 7.31. The van der Waals surface area contributed by atoms with Crippen LogP contribution in [0.5, 0.6) is 17.2 Å². The standard InChI is InChI=1S/C35H28ClN3O5S/c1-21-31(33(41)38-26-12-4-3-5-13-26)32(24-15-16-27(40)29(18-24)43-2)39-34(42)30(45-35(39)37-21)19-23-10-6-7-14-28(23)44-20-22-9-8-11-25(36)17-22/h3-19,32,40H,20H2,1-2H3,(H,38,41)/b30-19-/t32-/m1/s1. The summed E-state index contributed by atoms with van der Waals surface area (Å²) in [5, 5.41) is 13.9. The molecule has 1 aliphatic rings. The smallest absolute Gasteiger partial charge is 0.271 e. The second-order valence-electron chi connectivity index (χ2n) is 10.3. The minimum Gasteiger partial charge on any atom is -0.504 e. The number of rotatable bonds is 8. The highest BCUT2D eigenvalue weighted by molar-refractivity contribution is 7.07. The third kappa shape index (κ3) is 6.26. The zero-order valence-electron chi connectivity index (χ0n) is 24.4. The number of halogens is 1. The van der Waals surface area contributed by atoms with Gasteiger partial charge in [0.1, 0.15) is 12.4 Å². The lowest BCUT2D eigenvalue weighted by molar-refractivity contribution is -0.113. The summed E-state index contributed by atoms with van der Waals surface area (Å²) >= 11 is 7.36. The molecule has 2 N–H and O–H groups in total. The highest BCUT2D eigenvalue weighted by Crippen LogP contribution is 2.35. The van der Waals surface area contributed by atoms with Gasteiger partial charge in [0.25, 0.3) is 11.5 Å². The van der Waals surface area contributed by atoms with Gasteiger partial charge in [-0.05, 0) is 66.6 Å². The van der Waals surface area contributed by atoms with E-state index in [4.69, 9.17) is 26.1 Å². The Bertz CT molecular complexity index is 2120. The molecule has 10 heteroatoms. The number of thiazole rings is 1. The molecule has 1 amide bonds. The van der Waals surface area contributed by atoms with Crippen molar-refractivity contribution in [3.05, 3.63) is 150 Å². The van der Waals surface area contributed by atoms with Crippen LogP contribution in [-0.4, -0.2) is 22.7 Å². The van der Waals surface area contributed by atoms with Gasteiger partial charge in [-0.15, -0.1) is 0 Å². The van der Waals surface area contributed by atoms with E-state index in [1.165, 1.54) is 29.1 Å². The van der Waals surface area contributed by atoms with Crippen molar-refractivity contribution in [2.24, 2.45) is 4.99 Å². The number of amides is 1. The molecule has 1 atom stereocenters. The number of nitrogens with zero attached hydrogens (tertiary/aromatic N) is 2. The van der Waals surface area contributed by atoms with Crippen molar-refractivity contribution in [2.45, 2.75) is 19.6 Å². The molecule has 0 radical (unpaired) electrons. The van der Waals surface area contributed by atoms with Gasteiger partial charge in [-0.1, -0.05) is 77.5 Å². The number of ether oxygens (including phenoxy) is 2. The third-order valence-corrected chi connectivity index (χ3v) is 8.52. The second kappa shape index (κ2) is 12.9. The summed E-state index contributed by atoms with van der Waals surface area (Å²) in [7, 11) is 1.44. The summed E-state index contributed by atoms with van der Waals surface area (Å²) in [5.74, 6) is 0.368. The number of aromatic nitrogens is 1. The molecule has 1 aliphatic heterocycles. The fraction of sp³-hybridized carbons (Fsp3) is 0.114. The van der Waals surface area contributed by atoms with Crippen LogP contribution in [0.15, 0.2) is 118 Å². The maximum Gasteiger partial charge on any atom is 0.271 e. The van der Waals surface area contributed by atoms with Crippen LogP contribution in [0, 0.1) is 0 Å². The molecule has 0 saturated carbocycles. The van der Waals surface area contributed by atoms with Crippen molar-refractivity contribution in [1.29, 1.82) is 0 Å². The van der Waals surface area contributed by atoms with Gasteiger partial charge in [-0.25, -0.2) is 4.99 Å². The SMILES string of the molecule is COc1cc([C@@H]2C(C(=O)Nc3ccccc3)=C(C)N=c3s/c(=C\c4ccccc4OCc4cccc(Cl)c4)c(=O)n32)ccc1O. The lowest BCUT2D eigenvalue weighted by Gasteiger charge is -2.25. The summed E-state index contributed by atoms with van der Waals surface area (Å²) in [6.45, 7) is 2.05. The van der Waals surface area contributed by atoms with E-state index >= 15 is 0 Å². The van der Waals surface area contributed by atoms with E-state index in [0.29, 0.717) is 54.8 Å². The molecule has 0 aliphatic carbocycles. The number of hydrogen-bond donors (Lipinski definition) is 2. The number of fused-ring (bicyclic) bond motifs is 1. The van der Waals surface area contributed by atoms with Crippen molar-refractivity contribution >= 4 is 40.6 Å². The minimum absolute atomic E-state index is 0.0565. The molecule has 2 heterocycles. The van der Waals surface area contributed by atoms with Gasteiger partial charge >= 0.3 is 0 Å². The van der Waals surface area contributed by atoms with Gasteiger partial charge in [-0.3, -0.25) is 14.2 Å². The van der Waals surface area contributed by atoms with Crippen molar-refractivity contribution < 1.29 is 19.4 Å². The number of carbonyl (C=O) groups is 1. The van der Waals surface area contributed by atoms with Crippen molar-refractivity contribution in [1.82, 2.24) is 4.57 Å². The normalized spacial score (nSPS) is 14.5. The monoisotopic (exact) mass is 637 g/mol. The summed E-state index contributed by atoms with van der Waals surface area (Å²) < 4.78 is 13.4. The lowest BCUT2D eigenvalue weighted by Crippen LogP contribution is -2.40. The van der Waals surface area contributed by atoms with Gasteiger partial charge in [0.2, 0.25) is 0 Å². The lowest BCUT2D eigenvalue weighted by atomic mass is 9.94. The summed E-state index contributed by atoms with van der Waals surface area (Å²) in [4.78, 5) is 33.1. The molecule has 0 fully saturated rings. The summed E-state index contributed by atoms with van der Waals surface area (Å²) in [5.41, 5.74) is 3.27. The maximum absolute atomic E-state index is 14.2. The Morgan fingerprint density at radius 3 is 2.58 bits per heavy atom. The first-order valence-corrected chi connectivity index (χ1v) is 15.2. The van der Waals surface area contributed by atoms with E-state index in [2.05, 4.69) is 5.32 Å². The van der Waals surface area contributed by atoms with Crippen LogP contribution in [0.1, 0.15) is 29.7 Å². The summed E-state index contributed by atoms with van der Waals surface area (Å²) in [6.07, 6.45) is 1.77. The van der Waals surface area contributed by atoms with E-state index in [9.17, 15) is 14.7 Å². The molecule has 0 unspecified atom stereocenters. The van der Waals surface area contributed by atoms with Gasteiger partial charge in [0.15, 0.2) is 16.3 Å². The fourth-order valence-corrected chi connectivity index (χ4v) is 6.42. The zero-order valence-corrected chi connectivity index (χ0v) is 25.9. The quantitative estimate of drug-likeness (QED) is 0.223. The molecule has 226 valence electrons. The van der Waals surface area contributed by atoms with Crippen LogP contribution in [0.4, 0.5) is 5.69 Å². The number of nitrogens with one attached hydrogen (secondary N) is 1. The van der Waals surface area contributed by atoms with Gasteiger partial charge in [0.05, 0.1) is 29.0 Å². The van der Waals surface area contributed by atoms with Crippen LogP contribution >= 0.6 is 22.9 Å². The molecule has 0 spiro atoms. The van der Waals surface area contributed by atoms with Crippen molar-refractivity contribution in [3.8, 4) is 17.2 Å². The van der Waals surface area contributed by atoms with Gasteiger partial charge in [0, 0.05) is 16.3 Å². The molecule has 1 aromatic heterocycles. The molecule has 5 aromatic rings. The highest BCUT2D eigenvalue weighted by atomic mass is 35.5. The highest BCUT2D eigenvalue weighted by Gasteiger charge is 2.33. The topological polar surface area (TPSA) is 102 Å². The molecule has 4 aromatic carbocycles. The molecule has 8 nitrogen and oxygen atoms in total. The Kier molecular flexibility index (Phi) is 8.55. The van der Waals surface area contributed by atoms with E-state index in [0.717, 1.165) is 5.56 Å². The van der Waals surface area contributed by atoms with Gasteiger partial charge in [-0.2, -0.15) is 0 Å². The first-order valence-electron chi connectivity index (χ1n) is 14.0. The molecule has 6 rings (SSSR count). The number of methoxy groups -OCH3 is 1. The van der Waals surface area contributed by atoms with E-state index in [-0.39, 0.29) is 17.1 Å². The Hall–Kier alpha value is -5.12. The largest absolute Gasteiger partial charge is 0.504 e. The average molecular weight is 638 g/mol. The molecule has 0 bridgehead atoms. The van der Waals surface area contributed by atoms with Crippen LogP contribution < -0.4 is 29.7 Å². The van der Waals surface area contributed by atoms with Gasteiger partial charge < -0.3 is 19.9 Å². The number of phenols is 1. The first-order chi connectivity index (χ1) is 21.8. The molecule has 0 saturated heterocycles. The fourth-order valence-electron chi connectivity index (χ4n) is 5.17. The predicted molar refractivity (Wildman–Crippen MR) is 176 cm³/mol. The Balaban J connectivity index is 1.45. The predicted octanol–water partition coefficient (Wildman–Crippen LogP) is 5.82.